The molecule has 6 aromatic heterocycles. The second-order valence-corrected chi connectivity index (χ2v) is 56.6. The molecule has 149 heavy (non-hydrogen) atoms. The molecule has 6 nitrogen and oxygen atoms in total. The molecule has 8 heteroatoms. The van der Waals surface area contributed by atoms with Crippen LogP contribution in [-0.2, 0) is 88.9 Å². The molecule has 6 heterocycles. The number of nitrogens with zero attached hydrogens (tertiary/aromatic N) is 6. The molecular weight excluding hydrogens is 2160 g/mol. The first-order chi connectivity index (χ1) is 70.2. The number of aromatic nitrogens is 6. The Labute approximate surface area is 925 Å². The van der Waals surface area contributed by atoms with Gasteiger partial charge in [0.05, 0.1) is 0 Å². The first kappa shape index (κ1) is 107. The monoisotopic (exact) mass is 2330 g/mol. The Morgan fingerprint density at radius 2 is 0.383 bits per heavy atom. The first-order valence-corrected chi connectivity index (χ1v) is 58.2. The summed E-state index contributed by atoms with van der Waals surface area (Å²) >= 11 is 0. The summed E-state index contributed by atoms with van der Waals surface area (Å²) in [5.74, 6) is 17.1. The van der Waals surface area contributed by atoms with Gasteiger partial charge in [-0.05, 0) is 394 Å². The van der Waals surface area contributed by atoms with Gasteiger partial charge in [-0.3, -0.25) is 0 Å². The molecule has 780 valence electrons. The molecule has 18 saturated carbocycles. The molecular formula is C141H168Ir2N6. The van der Waals surface area contributed by atoms with Gasteiger partial charge in [0.15, 0.2) is 0 Å². The van der Waals surface area contributed by atoms with E-state index in [1.54, 1.807) is 16.7 Å². The molecule has 9 unspecified atom stereocenters. The molecule has 12 aromatic rings. The Morgan fingerprint density at radius 1 is 0.201 bits per heavy atom. The van der Waals surface area contributed by atoms with Crippen molar-refractivity contribution in [2.45, 2.75) is 384 Å². The van der Waals surface area contributed by atoms with Crippen molar-refractivity contribution in [2.24, 2.45) is 88.8 Å². The standard InChI is InChI=1S/3C25H30N.3C22H26N.2Ir/c3*1-24(2,3)22-8-9-26-23(13-22)20-4-6-21(7-5-20)25-14-17-10-18(15-25)12-19(11-17)16-25;3*1-22(2,3)19-10-11-23-21(14-19)17-8-6-16(7-9-17)20-13-15-4-5-18(20)12-15;;/h3*4,6-9,13,17-19H,10-12,14-16H2,1-3H3;3*6-8,10-11,14-15,18,20H,4-5,12-13H2,1-3H3;;/q6*-1;2*+3. The topological polar surface area (TPSA) is 77.3 Å². The van der Waals surface area contributed by atoms with E-state index in [4.69, 9.17) is 0 Å². The van der Waals surface area contributed by atoms with Crippen LogP contribution in [0.2, 0.25) is 0 Å². The van der Waals surface area contributed by atoms with Crippen LogP contribution >= 0.6 is 0 Å². The van der Waals surface area contributed by atoms with Crippen molar-refractivity contribution >= 4 is 0 Å². The molecule has 0 radical (unpaired) electrons. The maximum Gasteiger partial charge on any atom is 3.00 e. The van der Waals surface area contributed by atoms with E-state index >= 15 is 0 Å². The van der Waals surface area contributed by atoms with E-state index in [0.29, 0.717) is 16.2 Å². The van der Waals surface area contributed by atoms with Gasteiger partial charge in [-0.15, -0.1) is 212 Å². The molecule has 6 aromatic carbocycles. The number of rotatable bonds is 12. The van der Waals surface area contributed by atoms with Gasteiger partial charge in [-0.25, -0.2) is 0 Å². The Balaban J connectivity index is 0.000000108. The molecule has 18 bridgehead atoms. The van der Waals surface area contributed by atoms with Crippen molar-refractivity contribution in [2.75, 3.05) is 0 Å². The van der Waals surface area contributed by atoms with Crippen LogP contribution in [0.25, 0.3) is 67.5 Å². The van der Waals surface area contributed by atoms with Gasteiger partial charge >= 0.3 is 40.2 Å². The zero-order valence-corrected chi connectivity index (χ0v) is 98.0. The molecule has 0 spiro atoms. The van der Waals surface area contributed by atoms with Crippen LogP contribution in [0.4, 0.5) is 0 Å². The Kier molecular flexibility index (Phi) is 31.0. The predicted molar refractivity (Wildman–Crippen MR) is 607 cm³/mol. The summed E-state index contributed by atoms with van der Waals surface area (Å²) in [5, 5.41) is 0. The quantitative estimate of drug-likeness (QED) is 0.113. The maximum absolute atomic E-state index is 4.61. The van der Waals surface area contributed by atoms with Crippen LogP contribution in [0.3, 0.4) is 0 Å². The van der Waals surface area contributed by atoms with E-state index in [1.165, 1.54) is 243 Å². The number of hydrogen-bond donors (Lipinski definition) is 0. The zero-order chi connectivity index (χ0) is 102. The van der Waals surface area contributed by atoms with Crippen molar-refractivity contribution in [3.8, 4) is 67.5 Å². The van der Waals surface area contributed by atoms with Gasteiger partial charge < -0.3 is 29.9 Å². The summed E-state index contributed by atoms with van der Waals surface area (Å²) < 4.78 is 0. The summed E-state index contributed by atoms with van der Waals surface area (Å²) in [4.78, 5) is 27.5. The molecule has 0 amide bonds. The van der Waals surface area contributed by atoms with Gasteiger partial charge in [0.1, 0.15) is 0 Å². The maximum atomic E-state index is 4.61. The van der Waals surface area contributed by atoms with Crippen molar-refractivity contribution in [3.63, 3.8) is 0 Å². The molecule has 0 aliphatic heterocycles. The van der Waals surface area contributed by atoms with E-state index < -0.39 is 0 Å². The number of fused-ring (bicyclic) bond motifs is 6. The SMILES string of the molecule is CC(C)(C)c1ccnc(-c2[c-]cc(C34CC5CC(CC(C5)C3)C4)cc2)c1.CC(C)(C)c1ccnc(-c2[c-]cc(C34CC5CC(CC(C5)C3)C4)cc2)c1.CC(C)(C)c1ccnc(-c2[c-]cc(C34CC5CC(CC(C5)C3)C4)cc2)c1.CC(C)(C)c1ccnc(-c2[c-]cc(C3CC4CCC3C4)cc2)c1.CC(C)(C)c1ccnc(-c2[c-]cc(C3CC4CCC3C4)cc2)c1.CC(C)(C)c1ccnc(-c2[c-]cc(C3CC4CCC3C4)cc2)c1.[Ir+3].[Ir+3]. The zero-order valence-electron chi connectivity index (χ0n) is 93.2. The largest absolute Gasteiger partial charge is 3.00 e. The van der Waals surface area contributed by atoms with Crippen molar-refractivity contribution in [1.82, 2.24) is 29.9 Å². The second-order valence-electron chi connectivity index (χ2n) is 56.6. The second kappa shape index (κ2) is 43.0. The minimum absolute atomic E-state index is 0. The number of pyridine rings is 6. The molecule has 30 rings (SSSR count). The third kappa shape index (κ3) is 23.7. The fourth-order valence-electron chi connectivity index (χ4n) is 32.8. The third-order valence-corrected chi connectivity index (χ3v) is 39.8. The number of benzene rings is 6. The van der Waals surface area contributed by atoms with E-state index in [9.17, 15) is 0 Å². The van der Waals surface area contributed by atoms with Gasteiger partial charge in [0, 0.05) is 37.2 Å². The van der Waals surface area contributed by atoms with Crippen LogP contribution in [0.1, 0.15) is 402 Å². The summed E-state index contributed by atoms with van der Waals surface area (Å²) in [6.45, 7) is 40.5. The van der Waals surface area contributed by atoms with E-state index in [0.717, 1.165) is 174 Å². The van der Waals surface area contributed by atoms with Crippen LogP contribution in [0, 0.1) is 125 Å². The first-order valence-electron chi connectivity index (χ1n) is 58.2. The minimum Gasteiger partial charge on any atom is -0.305 e. The summed E-state index contributed by atoms with van der Waals surface area (Å²) in [6.07, 6.45) is 55.2. The Morgan fingerprint density at radius 3 is 0.523 bits per heavy atom. The molecule has 9 atom stereocenters. The fraction of sp³-hybridized carbons (Fsp3) is 0.532. The normalized spacial score (nSPS) is 29.5. The number of hydrogen-bond acceptors (Lipinski definition) is 6. The smallest absolute Gasteiger partial charge is 0.305 e. The van der Waals surface area contributed by atoms with Crippen molar-refractivity contribution < 1.29 is 40.2 Å². The van der Waals surface area contributed by atoms with Crippen LogP contribution in [-0.4, -0.2) is 29.9 Å². The average Bonchev–Trinajstić information content (AvgIpc) is 1.74. The van der Waals surface area contributed by atoms with Gasteiger partial charge in [-0.1, -0.05) is 219 Å². The van der Waals surface area contributed by atoms with Gasteiger partial charge in [0.2, 0.25) is 0 Å². The molecule has 0 N–H and O–H groups in total. The van der Waals surface area contributed by atoms with Crippen LogP contribution in [0.15, 0.2) is 219 Å². The van der Waals surface area contributed by atoms with Crippen LogP contribution in [0.5, 0.6) is 0 Å². The Bertz CT molecular complexity index is 5840. The van der Waals surface area contributed by atoms with E-state index in [-0.39, 0.29) is 72.7 Å². The summed E-state index contributed by atoms with van der Waals surface area (Å²) in [5.41, 5.74) is 32.4. The Hall–Kier alpha value is -8.48. The minimum atomic E-state index is 0. The summed E-state index contributed by atoms with van der Waals surface area (Å²) in [7, 11) is 0. The average molecular weight is 2330 g/mol. The molecule has 0 saturated heterocycles. The van der Waals surface area contributed by atoms with E-state index in [1.807, 2.05) is 37.2 Å². The molecule has 18 aliphatic carbocycles. The van der Waals surface area contributed by atoms with Gasteiger partial charge in [-0.2, -0.15) is 0 Å². The molecule has 18 aliphatic rings. The predicted octanol–water partition coefficient (Wildman–Crippen LogP) is 36.2. The van der Waals surface area contributed by atoms with Gasteiger partial charge in [0.25, 0.3) is 0 Å². The fourth-order valence-corrected chi connectivity index (χ4v) is 32.8. The van der Waals surface area contributed by atoms with Crippen molar-refractivity contribution in [1.29, 1.82) is 0 Å². The van der Waals surface area contributed by atoms with Crippen LogP contribution < -0.4 is 0 Å². The third-order valence-electron chi connectivity index (χ3n) is 39.8. The summed E-state index contributed by atoms with van der Waals surface area (Å²) in [6, 6.07) is 88.6. The van der Waals surface area contributed by atoms with E-state index in [2.05, 4.69) is 373 Å². The van der Waals surface area contributed by atoms with Crippen molar-refractivity contribution in [3.05, 3.63) is 322 Å². The molecule has 18 fully saturated rings.